The van der Waals surface area contributed by atoms with Gasteiger partial charge in [0.2, 0.25) is 0 Å². The monoisotopic (exact) mass is 310 g/mol. The first-order valence-electron chi connectivity index (χ1n) is 5.91. The van der Waals surface area contributed by atoms with Gasteiger partial charge in [0.15, 0.2) is 0 Å². The van der Waals surface area contributed by atoms with Crippen LogP contribution in [-0.2, 0) is 10.0 Å². The molecule has 0 atom stereocenters. The summed E-state index contributed by atoms with van der Waals surface area (Å²) in [6, 6.07) is 7.56. The zero-order chi connectivity index (χ0) is 15.6. The van der Waals surface area contributed by atoms with Crippen LogP contribution in [0.5, 0.6) is 5.75 Å². The standard InChI is InChI=1S/C13H14N2O5S/c1-15(9-3-5-10(20-2)6-4-9)21(18,19)11-7-12(13(16)17)14-8-11/h3-8,14H,1-2H3,(H,16,17). The molecule has 1 aromatic heterocycles. The topological polar surface area (TPSA) is 99.7 Å². The van der Waals surface area contributed by atoms with Crippen molar-refractivity contribution in [2.75, 3.05) is 18.5 Å². The molecule has 0 aliphatic heterocycles. The molecule has 0 bridgehead atoms. The molecule has 0 aliphatic carbocycles. The Balaban J connectivity index is 2.34. The fraction of sp³-hybridized carbons (Fsp3) is 0.154. The molecule has 0 aliphatic rings. The molecule has 21 heavy (non-hydrogen) atoms. The van der Waals surface area contributed by atoms with E-state index in [1.54, 1.807) is 24.3 Å². The molecule has 0 amide bonds. The Morgan fingerprint density at radius 1 is 1.29 bits per heavy atom. The summed E-state index contributed by atoms with van der Waals surface area (Å²) < 4.78 is 30.9. The minimum absolute atomic E-state index is 0.113. The van der Waals surface area contributed by atoms with Crippen molar-refractivity contribution in [2.45, 2.75) is 4.90 Å². The molecule has 8 heteroatoms. The van der Waals surface area contributed by atoms with Gasteiger partial charge in [0.1, 0.15) is 16.3 Å². The summed E-state index contributed by atoms with van der Waals surface area (Å²) in [5.74, 6) is -0.608. The Kier molecular flexibility index (Phi) is 3.90. The molecular formula is C13H14N2O5S. The second-order valence-electron chi connectivity index (χ2n) is 4.22. The number of hydrogen-bond donors (Lipinski definition) is 2. The molecule has 1 heterocycles. The lowest BCUT2D eigenvalue weighted by Crippen LogP contribution is -2.26. The highest BCUT2D eigenvalue weighted by Crippen LogP contribution is 2.24. The van der Waals surface area contributed by atoms with E-state index in [1.165, 1.54) is 14.2 Å². The number of benzene rings is 1. The number of H-pyrrole nitrogens is 1. The Morgan fingerprint density at radius 2 is 1.90 bits per heavy atom. The van der Waals surface area contributed by atoms with Gasteiger partial charge in [-0.2, -0.15) is 0 Å². The summed E-state index contributed by atoms with van der Waals surface area (Å²) in [7, 11) is -0.916. The number of aromatic amines is 1. The van der Waals surface area contributed by atoms with Gasteiger partial charge in [0.25, 0.3) is 10.0 Å². The maximum atomic E-state index is 12.4. The van der Waals surface area contributed by atoms with Gasteiger partial charge in [-0.1, -0.05) is 0 Å². The van der Waals surface area contributed by atoms with E-state index in [-0.39, 0.29) is 10.6 Å². The number of sulfonamides is 1. The minimum Gasteiger partial charge on any atom is -0.497 e. The Morgan fingerprint density at radius 3 is 2.38 bits per heavy atom. The third-order valence-electron chi connectivity index (χ3n) is 2.98. The number of ether oxygens (including phenoxy) is 1. The van der Waals surface area contributed by atoms with Crippen LogP contribution in [0.3, 0.4) is 0 Å². The smallest absolute Gasteiger partial charge is 0.352 e. The third kappa shape index (κ3) is 2.84. The number of methoxy groups -OCH3 is 1. The number of rotatable bonds is 5. The predicted octanol–water partition coefficient (Wildman–Crippen LogP) is 1.55. The lowest BCUT2D eigenvalue weighted by molar-refractivity contribution is 0.0691. The number of anilines is 1. The second-order valence-corrected chi connectivity index (χ2v) is 6.19. The average Bonchev–Trinajstić information content (AvgIpc) is 2.97. The molecular weight excluding hydrogens is 296 g/mol. The van der Waals surface area contributed by atoms with Crippen LogP contribution in [0.25, 0.3) is 0 Å². The number of carboxylic acids is 1. The van der Waals surface area contributed by atoms with E-state index < -0.39 is 16.0 Å². The van der Waals surface area contributed by atoms with Crippen molar-refractivity contribution < 1.29 is 23.1 Å². The Bertz CT molecular complexity index is 749. The van der Waals surface area contributed by atoms with Gasteiger partial charge in [-0.25, -0.2) is 13.2 Å². The Labute approximate surface area is 121 Å². The molecule has 0 spiro atoms. The van der Waals surface area contributed by atoms with Gasteiger partial charge < -0.3 is 14.8 Å². The van der Waals surface area contributed by atoms with Gasteiger partial charge in [-0.3, -0.25) is 4.31 Å². The van der Waals surface area contributed by atoms with Crippen molar-refractivity contribution in [2.24, 2.45) is 0 Å². The van der Waals surface area contributed by atoms with Crippen molar-refractivity contribution in [3.8, 4) is 5.75 Å². The average molecular weight is 310 g/mol. The summed E-state index contributed by atoms with van der Waals surface area (Å²) in [5.41, 5.74) is 0.255. The summed E-state index contributed by atoms with van der Waals surface area (Å²) >= 11 is 0. The Hall–Kier alpha value is -2.48. The van der Waals surface area contributed by atoms with Crippen molar-refractivity contribution in [1.82, 2.24) is 4.98 Å². The summed E-state index contributed by atoms with van der Waals surface area (Å²) in [5, 5.41) is 8.82. The second kappa shape index (κ2) is 5.49. The lowest BCUT2D eigenvalue weighted by atomic mass is 10.3. The van der Waals surface area contributed by atoms with Crippen LogP contribution in [0.1, 0.15) is 10.5 Å². The molecule has 2 aromatic rings. The number of carboxylic acid groups (broad SMARTS) is 1. The van der Waals surface area contributed by atoms with Crippen molar-refractivity contribution >= 4 is 21.7 Å². The number of aromatic carboxylic acids is 1. The molecule has 0 unspecified atom stereocenters. The van der Waals surface area contributed by atoms with E-state index in [9.17, 15) is 13.2 Å². The van der Waals surface area contributed by atoms with Crippen molar-refractivity contribution in [3.05, 3.63) is 42.2 Å². The normalized spacial score (nSPS) is 11.1. The zero-order valence-electron chi connectivity index (χ0n) is 11.4. The fourth-order valence-electron chi connectivity index (χ4n) is 1.74. The molecule has 112 valence electrons. The quantitative estimate of drug-likeness (QED) is 0.872. The molecule has 2 N–H and O–H groups in total. The van der Waals surface area contributed by atoms with E-state index >= 15 is 0 Å². The zero-order valence-corrected chi connectivity index (χ0v) is 12.2. The van der Waals surface area contributed by atoms with Gasteiger partial charge in [-0.15, -0.1) is 0 Å². The van der Waals surface area contributed by atoms with Gasteiger partial charge in [-0.05, 0) is 30.3 Å². The highest BCUT2D eigenvalue weighted by atomic mass is 32.2. The summed E-state index contributed by atoms with van der Waals surface area (Å²) in [4.78, 5) is 13.1. The first-order valence-corrected chi connectivity index (χ1v) is 7.35. The third-order valence-corrected chi connectivity index (χ3v) is 4.74. The maximum absolute atomic E-state index is 12.4. The first kappa shape index (κ1) is 14.9. The van der Waals surface area contributed by atoms with Crippen LogP contribution >= 0.6 is 0 Å². The van der Waals surface area contributed by atoms with E-state index in [4.69, 9.17) is 9.84 Å². The number of aromatic nitrogens is 1. The van der Waals surface area contributed by atoms with Gasteiger partial charge in [0.05, 0.1) is 12.8 Å². The number of hydrogen-bond acceptors (Lipinski definition) is 4. The summed E-state index contributed by atoms with van der Waals surface area (Å²) in [6.45, 7) is 0. The van der Waals surface area contributed by atoms with E-state index in [0.717, 1.165) is 16.6 Å². The van der Waals surface area contributed by atoms with Crippen LogP contribution in [0, 0.1) is 0 Å². The molecule has 7 nitrogen and oxygen atoms in total. The molecule has 0 radical (unpaired) electrons. The highest BCUT2D eigenvalue weighted by molar-refractivity contribution is 7.92. The fourth-order valence-corrected chi connectivity index (χ4v) is 2.93. The molecule has 0 fully saturated rings. The molecule has 0 saturated heterocycles. The number of nitrogens with one attached hydrogen (secondary N) is 1. The first-order chi connectivity index (χ1) is 9.86. The SMILES string of the molecule is COc1ccc(N(C)S(=O)(=O)c2c[nH]c(C(=O)O)c2)cc1. The van der Waals surface area contributed by atoms with Crippen molar-refractivity contribution in [3.63, 3.8) is 0 Å². The summed E-state index contributed by atoms with van der Waals surface area (Å²) in [6.07, 6.45) is 1.15. The molecule has 2 rings (SSSR count). The van der Waals surface area contributed by atoms with Crippen LogP contribution in [0.2, 0.25) is 0 Å². The van der Waals surface area contributed by atoms with E-state index in [2.05, 4.69) is 4.98 Å². The van der Waals surface area contributed by atoms with Crippen LogP contribution in [0.15, 0.2) is 41.4 Å². The van der Waals surface area contributed by atoms with E-state index in [1.807, 2.05) is 0 Å². The number of carbonyl (C=O) groups is 1. The predicted molar refractivity (Wildman–Crippen MR) is 76.3 cm³/mol. The largest absolute Gasteiger partial charge is 0.497 e. The van der Waals surface area contributed by atoms with Crippen LogP contribution < -0.4 is 9.04 Å². The molecule has 0 saturated carbocycles. The lowest BCUT2D eigenvalue weighted by Gasteiger charge is -2.18. The number of nitrogens with zero attached hydrogens (tertiary/aromatic N) is 1. The van der Waals surface area contributed by atoms with Gasteiger partial charge in [0, 0.05) is 13.2 Å². The van der Waals surface area contributed by atoms with Crippen molar-refractivity contribution in [1.29, 1.82) is 0 Å². The maximum Gasteiger partial charge on any atom is 0.352 e. The van der Waals surface area contributed by atoms with E-state index in [0.29, 0.717) is 11.4 Å². The van der Waals surface area contributed by atoms with Crippen LogP contribution in [-0.4, -0.2) is 38.6 Å². The minimum atomic E-state index is -3.83. The highest BCUT2D eigenvalue weighted by Gasteiger charge is 2.23. The molecule has 1 aromatic carbocycles. The van der Waals surface area contributed by atoms with Crippen LogP contribution in [0.4, 0.5) is 5.69 Å². The van der Waals surface area contributed by atoms with Gasteiger partial charge >= 0.3 is 5.97 Å².